The lowest BCUT2D eigenvalue weighted by molar-refractivity contribution is -0.120. The summed E-state index contributed by atoms with van der Waals surface area (Å²) >= 11 is 4.05. The van der Waals surface area contributed by atoms with Crippen LogP contribution in [0.3, 0.4) is 0 Å². The molecule has 0 aliphatic rings. The van der Waals surface area contributed by atoms with Gasteiger partial charge in [0.15, 0.2) is 0 Å². The molecule has 0 fully saturated rings. The Bertz CT molecular complexity index is 158. The molecule has 3 nitrogen and oxygen atoms in total. The second kappa shape index (κ2) is 8.12. The molecular formula is C10H22N2OS. The highest BCUT2D eigenvalue weighted by molar-refractivity contribution is 7.81. The van der Waals surface area contributed by atoms with Crippen LogP contribution < -0.4 is 5.32 Å². The van der Waals surface area contributed by atoms with Gasteiger partial charge in [-0.15, -0.1) is 0 Å². The molecule has 0 saturated heterocycles. The first kappa shape index (κ1) is 13.8. The molecular weight excluding hydrogens is 196 g/mol. The number of nitrogens with zero attached hydrogens (tertiary/aromatic N) is 1. The molecule has 1 amide bonds. The van der Waals surface area contributed by atoms with Crippen LogP contribution in [0.5, 0.6) is 0 Å². The van der Waals surface area contributed by atoms with Crippen LogP contribution in [-0.2, 0) is 4.79 Å². The topological polar surface area (TPSA) is 32.3 Å². The summed E-state index contributed by atoms with van der Waals surface area (Å²) in [7, 11) is 0. The van der Waals surface area contributed by atoms with Crippen LogP contribution in [0.15, 0.2) is 0 Å². The first-order valence-corrected chi connectivity index (χ1v) is 5.81. The van der Waals surface area contributed by atoms with Gasteiger partial charge >= 0.3 is 0 Å². The third-order valence-electron chi connectivity index (χ3n) is 2.22. The van der Waals surface area contributed by atoms with Gasteiger partial charge in [-0.05, 0) is 33.0 Å². The molecule has 0 aliphatic carbocycles. The minimum Gasteiger partial charge on any atom is -0.355 e. The molecule has 0 rings (SSSR count). The average molecular weight is 218 g/mol. The normalized spacial score (nSPS) is 12.9. The number of carbonyl (C=O) groups is 1. The fraction of sp³-hybridized carbons (Fsp3) is 0.900. The van der Waals surface area contributed by atoms with E-state index in [2.05, 4.69) is 36.7 Å². The van der Waals surface area contributed by atoms with E-state index in [-0.39, 0.29) is 11.2 Å². The van der Waals surface area contributed by atoms with E-state index < -0.39 is 0 Å². The number of carbonyl (C=O) groups excluding carboxylic acids is 1. The molecule has 0 aromatic rings. The molecule has 4 heteroatoms. The summed E-state index contributed by atoms with van der Waals surface area (Å²) in [5.41, 5.74) is 0. The molecule has 0 aromatic carbocycles. The van der Waals surface area contributed by atoms with Crippen LogP contribution in [0.4, 0.5) is 0 Å². The number of rotatable bonds is 7. The quantitative estimate of drug-likeness (QED) is 0.496. The predicted octanol–water partition coefficient (Wildman–Crippen LogP) is 1.15. The molecule has 0 saturated carbocycles. The van der Waals surface area contributed by atoms with Gasteiger partial charge in [0, 0.05) is 6.54 Å². The van der Waals surface area contributed by atoms with Crippen molar-refractivity contribution >= 4 is 18.5 Å². The largest absolute Gasteiger partial charge is 0.355 e. The van der Waals surface area contributed by atoms with Crippen molar-refractivity contribution in [2.75, 3.05) is 26.2 Å². The molecule has 0 bridgehead atoms. The molecule has 0 aliphatic heterocycles. The summed E-state index contributed by atoms with van der Waals surface area (Å²) < 4.78 is 0. The predicted molar refractivity (Wildman–Crippen MR) is 63.9 cm³/mol. The Labute approximate surface area is 92.7 Å². The van der Waals surface area contributed by atoms with Crippen molar-refractivity contribution in [3.63, 3.8) is 0 Å². The summed E-state index contributed by atoms with van der Waals surface area (Å²) in [5.74, 6) is 0.0212. The molecule has 1 N–H and O–H groups in total. The molecule has 14 heavy (non-hydrogen) atoms. The number of thiol groups is 1. The Morgan fingerprint density at radius 3 is 2.43 bits per heavy atom. The van der Waals surface area contributed by atoms with Gasteiger partial charge in [0.25, 0.3) is 0 Å². The van der Waals surface area contributed by atoms with Crippen molar-refractivity contribution in [1.29, 1.82) is 0 Å². The van der Waals surface area contributed by atoms with Gasteiger partial charge in [0.2, 0.25) is 5.91 Å². The molecule has 84 valence electrons. The maximum absolute atomic E-state index is 11.1. The van der Waals surface area contributed by atoms with Crippen molar-refractivity contribution in [3.8, 4) is 0 Å². The Morgan fingerprint density at radius 2 is 2.00 bits per heavy atom. The minimum absolute atomic E-state index is 0.0212. The zero-order chi connectivity index (χ0) is 11.0. The number of hydrogen-bond acceptors (Lipinski definition) is 3. The van der Waals surface area contributed by atoms with Crippen LogP contribution in [-0.4, -0.2) is 42.2 Å². The van der Waals surface area contributed by atoms with E-state index in [4.69, 9.17) is 0 Å². The standard InChI is InChI=1S/C10H22N2OS/c1-4-12(5-2)8-6-7-11-10(13)9(3)14/h9,14H,4-8H2,1-3H3,(H,11,13). The Balaban J connectivity index is 3.41. The average Bonchev–Trinajstić information content (AvgIpc) is 2.17. The Kier molecular flexibility index (Phi) is 7.99. The van der Waals surface area contributed by atoms with Crippen molar-refractivity contribution < 1.29 is 4.79 Å². The summed E-state index contributed by atoms with van der Waals surface area (Å²) in [6.07, 6.45) is 1.01. The van der Waals surface area contributed by atoms with Gasteiger partial charge in [-0.1, -0.05) is 13.8 Å². The number of hydrogen-bond donors (Lipinski definition) is 2. The molecule has 1 unspecified atom stereocenters. The fourth-order valence-corrected chi connectivity index (χ4v) is 1.29. The van der Waals surface area contributed by atoms with Crippen molar-refractivity contribution in [3.05, 3.63) is 0 Å². The third kappa shape index (κ3) is 6.27. The van der Waals surface area contributed by atoms with Gasteiger partial charge in [-0.2, -0.15) is 12.6 Å². The van der Waals surface area contributed by atoms with Crippen molar-refractivity contribution in [2.45, 2.75) is 32.4 Å². The van der Waals surface area contributed by atoms with E-state index in [1.165, 1.54) is 0 Å². The van der Waals surface area contributed by atoms with Crippen molar-refractivity contribution in [1.82, 2.24) is 10.2 Å². The second-order valence-electron chi connectivity index (χ2n) is 3.35. The van der Waals surface area contributed by atoms with E-state index in [9.17, 15) is 4.79 Å². The van der Waals surface area contributed by atoms with Gasteiger partial charge < -0.3 is 10.2 Å². The fourth-order valence-electron chi connectivity index (χ4n) is 1.20. The number of nitrogens with one attached hydrogen (secondary N) is 1. The van der Waals surface area contributed by atoms with Crippen LogP contribution in [0.2, 0.25) is 0 Å². The van der Waals surface area contributed by atoms with E-state index in [0.717, 1.165) is 32.6 Å². The summed E-state index contributed by atoms with van der Waals surface area (Å²) in [6, 6.07) is 0. The van der Waals surface area contributed by atoms with E-state index in [1.54, 1.807) is 6.92 Å². The second-order valence-corrected chi connectivity index (χ2v) is 4.12. The van der Waals surface area contributed by atoms with Crippen molar-refractivity contribution in [2.24, 2.45) is 0 Å². The first-order chi connectivity index (χ1) is 6.61. The lowest BCUT2D eigenvalue weighted by atomic mass is 10.3. The lowest BCUT2D eigenvalue weighted by Gasteiger charge is -2.17. The highest BCUT2D eigenvalue weighted by atomic mass is 32.1. The molecule has 0 heterocycles. The van der Waals surface area contributed by atoms with E-state index >= 15 is 0 Å². The Morgan fingerprint density at radius 1 is 1.43 bits per heavy atom. The van der Waals surface area contributed by atoms with Crippen LogP contribution in [0, 0.1) is 0 Å². The van der Waals surface area contributed by atoms with Gasteiger partial charge in [-0.25, -0.2) is 0 Å². The summed E-state index contributed by atoms with van der Waals surface area (Å²) in [5, 5.41) is 2.64. The molecule has 0 aromatic heterocycles. The monoisotopic (exact) mass is 218 g/mol. The van der Waals surface area contributed by atoms with Gasteiger partial charge in [0.1, 0.15) is 0 Å². The Hall–Kier alpha value is -0.220. The molecule has 0 spiro atoms. The highest BCUT2D eigenvalue weighted by Crippen LogP contribution is 1.93. The minimum atomic E-state index is -0.205. The van der Waals surface area contributed by atoms with Gasteiger partial charge in [-0.3, -0.25) is 4.79 Å². The smallest absolute Gasteiger partial charge is 0.232 e. The van der Waals surface area contributed by atoms with Crippen LogP contribution in [0.1, 0.15) is 27.2 Å². The first-order valence-electron chi connectivity index (χ1n) is 5.29. The van der Waals surface area contributed by atoms with Crippen LogP contribution >= 0.6 is 12.6 Å². The summed E-state index contributed by atoms with van der Waals surface area (Å²) in [4.78, 5) is 13.5. The maximum atomic E-state index is 11.1. The van der Waals surface area contributed by atoms with E-state index in [0.29, 0.717) is 0 Å². The lowest BCUT2D eigenvalue weighted by Crippen LogP contribution is -2.33. The third-order valence-corrected chi connectivity index (χ3v) is 2.46. The number of amides is 1. The highest BCUT2D eigenvalue weighted by Gasteiger charge is 2.06. The molecule has 1 atom stereocenters. The van der Waals surface area contributed by atoms with Gasteiger partial charge in [0.05, 0.1) is 5.25 Å². The van der Waals surface area contributed by atoms with Crippen LogP contribution in [0.25, 0.3) is 0 Å². The zero-order valence-electron chi connectivity index (χ0n) is 9.42. The van der Waals surface area contributed by atoms with E-state index in [1.807, 2.05) is 0 Å². The molecule has 0 radical (unpaired) electrons. The zero-order valence-corrected chi connectivity index (χ0v) is 10.3. The SMILES string of the molecule is CCN(CC)CCCNC(=O)C(C)S. The summed E-state index contributed by atoms with van der Waals surface area (Å²) in [6.45, 7) is 10.0. The maximum Gasteiger partial charge on any atom is 0.232 e.